The van der Waals surface area contributed by atoms with Gasteiger partial charge < -0.3 is 18.3 Å². The van der Waals surface area contributed by atoms with Crippen LogP contribution in [0.1, 0.15) is 6.42 Å². The standard InChI is InChI=1S/C8H18O4Si.H4Si/c1-9-13(10-2)5-3-4-11-6-8-7-12-8;/h8,13H,3-7H2,1-2H3;1H4. The van der Waals surface area contributed by atoms with E-state index in [0.717, 1.165) is 32.3 Å². The first-order valence-corrected chi connectivity index (χ1v) is 6.37. The van der Waals surface area contributed by atoms with E-state index in [0.29, 0.717) is 6.10 Å². The summed E-state index contributed by atoms with van der Waals surface area (Å²) in [4.78, 5) is 0. The summed E-state index contributed by atoms with van der Waals surface area (Å²) in [6.07, 6.45) is 1.39. The predicted molar refractivity (Wildman–Crippen MR) is 62.5 cm³/mol. The van der Waals surface area contributed by atoms with E-state index in [1.54, 1.807) is 14.2 Å². The first-order valence-electron chi connectivity index (χ1n) is 4.61. The van der Waals surface area contributed by atoms with Crippen LogP contribution in [0.15, 0.2) is 0 Å². The van der Waals surface area contributed by atoms with E-state index in [2.05, 4.69) is 0 Å². The molecule has 1 atom stereocenters. The maximum atomic E-state index is 5.38. The lowest BCUT2D eigenvalue weighted by molar-refractivity contribution is 0.115. The molecule has 1 rings (SSSR count). The van der Waals surface area contributed by atoms with Gasteiger partial charge >= 0.3 is 9.28 Å². The van der Waals surface area contributed by atoms with Gasteiger partial charge in [0, 0.05) is 20.8 Å². The van der Waals surface area contributed by atoms with Crippen LogP contribution in [0.5, 0.6) is 0 Å². The van der Waals surface area contributed by atoms with E-state index < -0.39 is 9.28 Å². The van der Waals surface area contributed by atoms with Crippen LogP contribution >= 0.6 is 0 Å². The first kappa shape index (κ1) is 14.3. The molecule has 0 aromatic rings. The number of rotatable bonds is 8. The van der Waals surface area contributed by atoms with Crippen LogP contribution in [-0.2, 0) is 18.3 Å². The molecule has 0 bridgehead atoms. The second kappa shape index (κ2) is 8.57. The minimum Gasteiger partial charge on any atom is -0.400 e. The molecule has 0 aromatic heterocycles. The fraction of sp³-hybridized carbons (Fsp3) is 1.00. The Morgan fingerprint density at radius 1 is 1.36 bits per heavy atom. The minimum absolute atomic E-state index is 0. The Kier molecular flexibility index (Phi) is 8.74. The van der Waals surface area contributed by atoms with Gasteiger partial charge in [-0.3, -0.25) is 0 Å². The Balaban J connectivity index is 0.00000169. The lowest BCUT2D eigenvalue weighted by atomic mass is 10.5. The molecule has 1 unspecified atom stereocenters. The molecule has 0 radical (unpaired) electrons. The summed E-state index contributed by atoms with van der Waals surface area (Å²) < 4.78 is 20.7. The van der Waals surface area contributed by atoms with Crippen molar-refractivity contribution < 1.29 is 18.3 Å². The summed E-state index contributed by atoms with van der Waals surface area (Å²) >= 11 is 0. The number of hydrogen-bond donors (Lipinski definition) is 0. The van der Waals surface area contributed by atoms with Gasteiger partial charge in [0.05, 0.1) is 13.2 Å². The number of ether oxygens (including phenoxy) is 2. The minimum atomic E-state index is -1.35. The maximum Gasteiger partial charge on any atom is 0.320 e. The molecular formula is C8H22O4Si2. The van der Waals surface area contributed by atoms with Crippen molar-refractivity contribution in [1.29, 1.82) is 0 Å². The Hall–Kier alpha value is 0.274. The van der Waals surface area contributed by atoms with Gasteiger partial charge in [0.1, 0.15) is 6.10 Å². The average Bonchev–Trinajstić information content (AvgIpc) is 2.95. The zero-order valence-corrected chi connectivity index (χ0v) is 9.48. The van der Waals surface area contributed by atoms with E-state index >= 15 is 0 Å². The molecule has 1 heterocycles. The van der Waals surface area contributed by atoms with E-state index in [-0.39, 0.29) is 11.0 Å². The average molecular weight is 238 g/mol. The molecule has 0 aliphatic carbocycles. The molecule has 14 heavy (non-hydrogen) atoms. The lowest BCUT2D eigenvalue weighted by Gasteiger charge is -2.10. The zero-order chi connectivity index (χ0) is 9.52. The molecule has 0 saturated carbocycles. The molecule has 0 spiro atoms. The molecule has 6 heteroatoms. The van der Waals surface area contributed by atoms with Crippen molar-refractivity contribution in [2.45, 2.75) is 18.6 Å². The second-order valence-corrected chi connectivity index (χ2v) is 5.45. The number of hydrogen-bond acceptors (Lipinski definition) is 4. The molecule has 0 amide bonds. The third-order valence-corrected chi connectivity index (χ3v) is 3.89. The maximum absolute atomic E-state index is 5.38. The fourth-order valence-electron chi connectivity index (χ4n) is 1.06. The van der Waals surface area contributed by atoms with Gasteiger partial charge in [0.2, 0.25) is 0 Å². The zero-order valence-electron chi connectivity index (χ0n) is 8.32. The molecule has 0 aromatic carbocycles. The van der Waals surface area contributed by atoms with E-state index in [4.69, 9.17) is 18.3 Å². The smallest absolute Gasteiger partial charge is 0.320 e. The van der Waals surface area contributed by atoms with E-state index in [1.165, 1.54) is 0 Å². The summed E-state index contributed by atoms with van der Waals surface area (Å²) in [6.45, 7) is 2.40. The summed E-state index contributed by atoms with van der Waals surface area (Å²) in [5.74, 6) is 0. The van der Waals surface area contributed by atoms with E-state index in [9.17, 15) is 0 Å². The van der Waals surface area contributed by atoms with Gasteiger partial charge in [-0.1, -0.05) is 0 Å². The second-order valence-electron chi connectivity index (χ2n) is 3.07. The first-order chi connectivity index (χ1) is 6.36. The fourth-order valence-corrected chi connectivity index (χ4v) is 2.23. The molecule has 4 nitrogen and oxygen atoms in total. The highest BCUT2D eigenvalue weighted by molar-refractivity contribution is 6.44. The van der Waals surface area contributed by atoms with Gasteiger partial charge in [-0.05, 0) is 23.4 Å². The van der Waals surface area contributed by atoms with E-state index in [1.807, 2.05) is 0 Å². The van der Waals surface area contributed by atoms with Crippen LogP contribution in [0.2, 0.25) is 6.04 Å². The third kappa shape index (κ3) is 6.69. The molecular weight excluding hydrogens is 216 g/mol. The van der Waals surface area contributed by atoms with Gasteiger partial charge in [0.15, 0.2) is 0 Å². The van der Waals surface area contributed by atoms with Crippen molar-refractivity contribution in [3.8, 4) is 0 Å². The highest BCUT2D eigenvalue weighted by Crippen LogP contribution is 2.09. The monoisotopic (exact) mass is 238 g/mol. The van der Waals surface area contributed by atoms with Crippen LogP contribution in [0.4, 0.5) is 0 Å². The number of epoxide rings is 1. The van der Waals surface area contributed by atoms with Gasteiger partial charge in [-0.25, -0.2) is 0 Å². The van der Waals surface area contributed by atoms with Crippen LogP contribution in [0, 0.1) is 0 Å². The normalized spacial score (nSPS) is 19.5. The van der Waals surface area contributed by atoms with Gasteiger partial charge in [-0.15, -0.1) is 0 Å². The Morgan fingerprint density at radius 2 is 2.00 bits per heavy atom. The largest absolute Gasteiger partial charge is 0.400 e. The molecule has 0 N–H and O–H groups in total. The predicted octanol–water partition coefficient (Wildman–Crippen LogP) is -1.15. The molecule has 86 valence electrons. The van der Waals surface area contributed by atoms with Gasteiger partial charge in [-0.2, -0.15) is 0 Å². The highest BCUT2D eigenvalue weighted by atomic mass is 28.3. The Labute approximate surface area is 91.7 Å². The van der Waals surface area contributed by atoms with Crippen LogP contribution < -0.4 is 0 Å². The van der Waals surface area contributed by atoms with Crippen molar-refractivity contribution in [2.24, 2.45) is 0 Å². The van der Waals surface area contributed by atoms with Gasteiger partial charge in [0.25, 0.3) is 0 Å². The quantitative estimate of drug-likeness (QED) is 0.304. The summed E-state index contributed by atoms with van der Waals surface area (Å²) in [7, 11) is 2.06. The van der Waals surface area contributed by atoms with Crippen molar-refractivity contribution in [3.63, 3.8) is 0 Å². The Morgan fingerprint density at radius 3 is 2.50 bits per heavy atom. The third-order valence-electron chi connectivity index (χ3n) is 1.96. The highest BCUT2D eigenvalue weighted by Gasteiger charge is 2.22. The van der Waals surface area contributed by atoms with Crippen LogP contribution in [0.3, 0.4) is 0 Å². The topological polar surface area (TPSA) is 40.2 Å². The SMILES string of the molecule is CO[SiH](CCCOCC1CO1)OC.[SiH4]. The summed E-state index contributed by atoms with van der Waals surface area (Å²) in [6, 6.07) is 1.01. The molecule has 1 aliphatic rings. The van der Waals surface area contributed by atoms with Crippen molar-refractivity contribution in [2.75, 3.05) is 34.0 Å². The lowest BCUT2D eigenvalue weighted by Crippen LogP contribution is -2.19. The molecule has 1 aliphatic heterocycles. The summed E-state index contributed by atoms with van der Waals surface area (Å²) in [5.41, 5.74) is 0. The molecule has 1 fully saturated rings. The Bertz CT molecular complexity index is 129. The van der Waals surface area contributed by atoms with Crippen LogP contribution in [-0.4, -0.2) is 60.4 Å². The summed E-state index contributed by atoms with van der Waals surface area (Å²) in [5, 5.41) is 0. The van der Waals surface area contributed by atoms with Crippen LogP contribution in [0.25, 0.3) is 0 Å². The van der Waals surface area contributed by atoms with Crippen molar-refractivity contribution >= 4 is 20.2 Å². The van der Waals surface area contributed by atoms with Crippen molar-refractivity contribution in [1.82, 2.24) is 0 Å². The van der Waals surface area contributed by atoms with Crippen molar-refractivity contribution in [3.05, 3.63) is 0 Å². The molecule has 1 saturated heterocycles.